The van der Waals surface area contributed by atoms with Gasteiger partial charge in [0, 0.05) is 25.5 Å². The SMILES string of the molecule is CCCCc1ccc(C(CN2C=CN(CCc3ccccc3)C2)OCc2ccc(C#N)cc2)cc1. The van der Waals surface area contributed by atoms with Gasteiger partial charge in [-0.05, 0) is 53.6 Å². The number of hydrogen-bond donors (Lipinski definition) is 0. The molecule has 35 heavy (non-hydrogen) atoms. The first-order valence-corrected chi connectivity index (χ1v) is 12.6. The lowest BCUT2D eigenvalue weighted by molar-refractivity contribution is 0.0196. The highest BCUT2D eigenvalue weighted by Gasteiger charge is 2.20. The smallest absolute Gasteiger partial charge is 0.100 e. The molecule has 0 aromatic heterocycles. The normalized spacial score (nSPS) is 13.7. The molecule has 0 saturated heterocycles. The van der Waals surface area contributed by atoms with Crippen molar-refractivity contribution in [3.05, 3.63) is 119 Å². The summed E-state index contributed by atoms with van der Waals surface area (Å²) in [5.41, 5.74) is 5.71. The third-order valence-corrected chi connectivity index (χ3v) is 6.49. The van der Waals surface area contributed by atoms with Gasteiger partial charge in [0.1, 0.15) is 6.10 Å². The Balaban J connectivity index is 1.38. The van der Waals surface area contributed by atoms with Gasteiger partial charge >= 0.3 is 0 Å². The van der Waals surface area contributed by atoms with Crippen LogP contribution in [0.5, 0.6) is 0 Å². The van der Waals surface area contributed by atoms with Crippen LogP contribution in [0.25, 0.3) is 0 Å². The topological polar surface area (TPSA) is 39.5 Å². The molecule has 1 heterocycles. The monoisotopic (exact) mass is 465 g/mol. The van der Waals surface area contributed by atoms with Crippen LogP contribution < -0.4 is 0 Å². The molecule has 3 aromatic carbocycles. The predicted octanol–water partition coefficient (Wildman–Crippen LogP) is 6.45. The first kappa shape index (κ1) is 24.6. The van der Waals surface area contributed by atoms with E-state index in [4.69, 9.17) is 10.00 Å². The van der Waals surface area contributed by atoms with E-state index in [0.717, 1.165) is 38.2 Å². The first-order chi connectivity index (χ1) is 17.2. The van der Waals surface area contributed by atoms with E-state index in [1.54, 1.807) is 0 Å². The summed E-state index contributed by atoms with van der Waals surface area (Å²) in [5.74, 6) is 0. The van der Waals surface area contributed by atoms with Crippen molar-refractivity contribution >= 4 is 0 Å². The van der Waals surface area contributed by atoms with Gasteiger partial charge in [-0.15, -0.1) is 0 Å². The number of nitriles is 1. The van der Waals surface area contributed by atoms with Crippen molar-refractivity contribution in [1.82, 2.24) is 9.80 Å². The minimum absolute atomic E-state index is 0.0374. The van der Waals surface area contributed by atoms with E-state index < -0.39 is 0 Å². The number of rotatable bonds is 12. The summed E-state index contributed by atoms with van der Waals surface area (Å²) in [7, 11) is 0. The standard InChI is InChI=1S/C31H35N3O/c1-2-3-7-27-14-16-30(17-15-27)31(35-24-29-12-10-28(22-32)11-13-29)23-34-21-20-33(25-34)19-18-26-8-5-4-6-9-26/h4-6,8-17,20-21,31H,2-3,7,18-19,23-25H2,1H3. The number of aryl methyl sites for hydroxylation is 1. The van der Waals surface area contributed by atoms with Crippen molar-refractivity contribution in [3.8, 4) is 6.07 Å². The molecule has 180 valence electrons. The minimum Gasteiger partial charge on any atom is -0.367 e. The Hall–Kier alpha value is -3.55. The van der Waals surface area contributed by atoms with Crippen LogP contribution in [0, 0.1) is 11.3 Å². The lowest BCUT2D eigenvalue weighted by Gasteiger charge is -2.27. The third kappa shape index (κ3) is 7.47. The molecule has 0 fully saturated rings. The van der Waals surface area contributed by atoms with Gasteiger partial charge in [0.05, 0.1) is 24.9 Å². The zero-order chi connectivity index (χ0) is 24.3. The fraction of sp³-hybridized carbons (Fsp3) is 0.323. The molecule has 1 aliphatic heterocycles. The summed E-state index contributed by atoms with van der Waals surface area (Å²) in [6.45, 7) is 5.41. The minimum atomic E-state index is -0.0374. The largest absolute Gasteiger partial charge is 0.367 e. The Kier molecular flexibility index (Phi) is 8.98. The lowest BCUT2D eigenvalue weighted by atomic mass is 10.0. The van der Waals surface area contributed by atoms with Gasteiger partial charge in [0.15, 0.2) is 0 Å². The van der Waals surface area contributed by atoms with Gasteiger partial charge in [-0.2, -0.15) is 5.26 Å². The molecular formula is C31H35N3O. The molecule has 4 nitrogen and oxygen atoms in total. The molecule has 0 aliphatic carbocycles. The molecular weight excluding hydrogens is 430 g/mol. The van der Waals surface area contributed by atoms with Crippen LogP contribution >= 0.6 is 0 Å². The van der Waals surface area contributed by atoms with Crippen LogP contribution in [0.3, 0.4) is 0 Å². The number of benzene rings is 3. The van der Waals surface area contributed by atoms with Crippen LogP contribution in [-0.4, -0.2) is 29.6 Å². The highest BCUT2D eigenvalue weighted by Crippen LogP contribution is 2.24. The van der Waals surface area contributed by atoms with Crippen molar-refractivity contribution in [2.75, 3.05) is 19.8 Å². The van der Waals surface area contributed by atoms with Gasteiger partial charge in [-0.3, -0.25) is 0 Å². The molecule has 0 amide bonds. The molecule has 4 rings (SSSR count). The maximum atomic E-state index is 9.06. The molecule has 0 bridgehead atoms. The maximum absolute atomic E-state index is 9.06. The molecule has 0 spiro atoms. The van der Waals surface area contributed by atoms with E-state index in [0.29, 0.717) is 12.2 Å². The molecule has 3 aromatic rings. The summed E-state index contributed by atoms with van der Waals surface area (Å²) in [6, 6.07) is 29.4. The van der Waals surface area contributed by atoms with Crippen LogP contribution in [0.2, 0.25) is 0 Å². The highest BCUT2D eigenvalue weighted by molar-refractivity contribution is 5.31. The van der Waals surface area contributed by atoms with Crippen molar-refractivity contribution in [2.24, 2.45) is 0 Å². The Morgan fingerprint density at radius 3 is 2.23 bits per heavy atom. The summed E-state index contributed by atoms with van der Waals surface area (Å²) in [6.07, 6.45) is 8.92. The third-order valence-electron chi connectivity index (χ3n) is 6.49. The van der Waals surface area contributed by atoms with Crippen molar-refractivity contribution < 1.29 is 4.74 Å². The zero-order valence-corrected chi connectivity index (χ0v) is 20.6. The van der Waals surface area contributed by atoms with E-state index >= 15 is 0 Å². The van der Waals surface area contributed by atoms with Crippen molar-refractivity contribution in [2.45, 2.75) is 45.3 Å². The molecule has 0 radical (unpaired) electrons. The Labute approximate surface area is 210 Å². The lowest BCUT2D eigenvalue weighted by Crippen LogP contribution is -2.30. The second kappa shape index (κ2) is 12.8. The number of unbranched alkanes of at least 4 members (excludes halogenated alkanes) is 1. The van der Waals surface area contributed by atoms with Gasteiger partial charge in [0.2, 0.25) is 0 Å². The van der Waals surface area contributed by atoms with Crippen molar-refractivity contribution in [3.63, 3.8) is 0 Å². The predicted molar refractivity (Wildman–Crippen MR) is 141 cm³/mol. The van der Waals surface area contributed by atoms with E-state index in [2.05, 4.69) is 89.8 Å². The van der Waals surface area contributed by atoms with Crippen molar-refractivity contribution in [1.29, 1.82) is 5.26 Å². The Bertz CT molecular complexity index is 1100. The second-order valence-electron chi connectivity index (χ2n) is 9.21. The summed E-state index contributed by atoms with van der Waals surface area (Å²) < 4.78 is 6.46. The van der Waals surface area contributed by atoms with Crippen LogP contribution in [0.15, 0.2) is 91.3 Å². The Morgan fingerprint density at radius 1 is 0.829 bits per heavy atom. The average molecular weight is 466 g/mol. The molecule has 1 aliphatic rings. The first-order valence-electron chi connectivity index (χ1n) is 12.6. The van der Waals surface area contributed by atoms with Crippen LogP contribution in [-0.2, 0) is 24.2 Å². The van der Waals surface area contributed by atoms with E-state index in [-0.39, 0.29) is 6.10 Å². The molecule has 0 saturated carbocycles. The van der Waals surface area contributed by atoms with Crippen LogP contribution in [0.4, 0.5) is 0 Å². The van der Waals surface area contributed by atoms with E-state index in [9.17, 15) is 0 Å². The van der Waals surface area contributed by atoms with Gasteiger partial charge in [0.25, 0.3) is 0 Å². The molecule has 1 unspecified atom stereocenters. The van der Waals surface area contributed by atoms with E-state index in [1.807, 2.05) is 24.3 Å². The molecule has 0 N–H and O–H groups in total. The molecule has 4 heteroatoms. The fourth-order valence-electron chi connectivity index (χ4n) is 4.32. The van der Waals surface area contributed by atoms with Crippen LogP contribution in [0.1, 0.15) is 53.7 Å². The number of hydrogen-bond acceptors (Lipinski definition) is 4. The summed E-state index contributed by atoms with van der Waals surface area (Å²) >= 11 is 0. The summed E-state index contributed by atoms with van der Waals surface area (Å²) in [4.78, 5) is 4.69. The number of ether oxygens (including phenoxy) is 1. The van der Waals surface area contributed by atoms with E-state index in [1.165, 1.54) is 29.5 Å². The number of nitrogens with zero attached hydrogens (tertiary/aromatic N) is 3. The Morgan fingerprint density at radius 2 is 1.51 bits per heavy atom. The summed E-state index contributed by atoms with van der Waals surface area (Å²) in [5, 5.41) is 9.06. The van der Waals surface area contributed by atoms with Gasteiger partial charge in [-0.1, -0.05) is 80.1 Å². The van der Waals surface area contributed by atoms with Gasteiger partial charge in [-0.25, -0.2) is 0 Å². The maximum Gasteiger partial charge on any atom is 0.100 e. The molecule has 1 atom stereocenters. The zero-order valence-electron chi connectivity index (χ0n) is 20.6. The average Bonchev–Trinajstić information content (AvgIpc) is 3.37. The fourth-order valence-corrected chi connectivity index (χ4v) is 4.32. The van der Waals surface area contributed by atoms with Gasteiger partial charge < -0.3 is 14.5 Å². The second-order valence-corrected chi connectivity index (χ2v) is 9.21. The quantitative estimate of drug-likeness (QED) is 0.308. The highest BCUT2D eigenvalue weighted by atomic mass is 16.5.